The van der Waals surface area contributed by atoms with Crippen molar-refractivity contribution in [2.45, 2.75) is 33.1 Å². The van der Waals surface area contributed by atoms with E-state index in [0.717, 1.165) is 11.3 Å². The summed E-state index contributed by atoms with van der Waals surface area (Å²) in [6, 6.07) is 16.8. The van der Waals surface area contributed by atoms with Crippen molar-refractivity contribution in [2.75, 3.05) is 13.9 Å². The van der Waals surface area contributed by atoms with Crippen LogP contribution in [0.5, 0.6) is 5.75 Å². The first kappa shape index (κ1) is 21.3. The topological polar surface area (TPSA) is 35.8 Å². The average molecular weight is 408 g/mol. The Bertz CT molecular complexity index is 973. The van der Waals surface area contributed by atoms with Crippen LogP contribution in [0.3, 0.4) is 0 Å². The second-order valence-electron chi connectivity index (χ2n) is 8.01. The molecule has 0 aliphatic carbocycles. The molecule has 0 aliphatic heterocycles. The standard InChI is InChI=1S/C24H29N2O2P/c1-18-14-20(24(2,3)4)23(28-17-27-5)22(15-18)29-21-11-7-6-10-19(21)16-25-26-12-8-9-13-26/h6-16,29H,17H2,1-5H3/b25-16+. The lowest BCUT2D eigenvalue weighted by Gasteiger charge is -2.26. The van der Waals surface area contributed by atoms with E-state index in [2.05, 4.69) is 63.1 Å². The van der Waals surface area contributed by atoms with E-state index in [1.807, 2.05) is 36.8 Å². The number of aryl methyl sites for hydroxylation is 1. The highest BCUT2D eigenvalue weighted by Crippen LogP contribution is 2.34. The summed E-state index contributed by atoms with van der Waals surface area (Å²) in [5.74, 6) is 0.931. The summed E-state index contributed by atoms with van der Waals surface area (Å²) in [6.07, 6.45) is 5.76. The fourth-order valence-electron chi connectivity index (χ4n) is 3.10. The first-order valence-corrected chi connectivity index (χ1v) is 10.7. The predicted octanol–water partition coefficient (Wildman–Crippen LogP) is 4.59. The van der Waals surface area contributed by atoms with Gasteiger partial charge < -0.3 is 9.47 Å². The van der Waals surface area contributed by atoms with E-state index in [0.29, 0.717) is 8.58 Å². The monoisotopic (exact) mass is 408 g/mol. The first-order valence-electron chi connectivity index (χ1n) is 9.69. The van der Waals surface area contributed by atoms with E-state index in [1.54, 1.807) is 11.8 Å². The van der Waals surface area contributed by atoms with Crippen molar-refractivity contribution >= 4 is 25.4 Å². The van der Waals surface area contributed by atoms with Gasteiger partial charge >= 0.3 is 0 Å². The number of benzene rings is 2. The third-order valence-corrected chi connectivity index (χ3v) is 5.88. The molecule has 0 bridgehead atoms. The lowest BCUT2D eigenvalue weighted by Crippen LogP contribution is -2.20. The van der Waals surface area contributed by atoms with Gasteiger partial charge in [0.05, 0.1) is 6.21 Å². The summed E-state index contributed by atoms with van der Waals surface area (Å²) in [5.41, 5.74) is 3.52. The zero-order valence-corrected chi connectivity index (χ0v) is 18.8. The summed E-state index contributed by atoms with van der Waals surface area (Å²) >= 11 is 0. The summed E-state index contributed by atoms with van der Waals surface area (Å²) in [7, 11) is 2.10. The van der Waals surface area contributed by atoms with Gasteiger partial charge in [-0.2, -0.15) is 5.10 Å². The van der Waals surface area contributed by atoms with Crippen LogP contribution in [0.25, 0.3) is 0 Å². The number of rotatable bonds is 7. The zero-order valence-electron chi connectivity index (χ0n) is 17.8. The van der Waals surface area contributed by atoms with Gasteiger partial charge in [0.1, 0.15) is 5.75 Å². The lowest BCUT2D eigenvalue weighted by atomic mass is 9.85. The largest absolute Gasteiger partial charge is 0.467 e. The molecule has 3 rings (SSSR count). The zero-order chi connectivity index (χ0) is 20.9. The van der Waals surface area contributed by atoms with Crippen LogP contribution >= 0.6 is 8.58 Å². The summed E-state index contributed by atoms with van der Waals surface area (Å²) in [5, 5.41) is 6.95. The Balaban J connectivity index is 2.01. The van der Waals surface area contributed by atoms with Gasteiger partial charge in [0.25, 0.3) is 0 Å². The van der Waals surface area contributed by atoms with Crippen molar-refractivity contribution in [1.29, 1.82) is 0 Å². The van der Waals surface area contributed by atoms with E-state index in [4.69, 9.17) is 9.47 Å². The highest BCUT2D eigenvalue weighted by atomic mass is 31.1. The molecule has 1 atom stereocenters. The highest BCUT2D eigenvalue weighted by Gasteiger charge is 2.23. The predicted molar refractivity (Wildman–Crippen MR) is 124 cm³/mol. The third-order valence-electron chi connectivity index (χ3n) is 4.51. The summed E-state index contributed by atoms with van der Waals surface area (Å²) in [6.45, 7) is 9.02. The van der Waals surface area contributed by atoms with Crippen LogP contribution in [0.4, 0.5) is 0 Å². The van der Waals surface area contributed by atoms with Crippen LogP contribution < -0.4 is 15.3 Å². The molecule has 1 aromatic heterocycles. The van der Waals surface area contributed by atoms with Crippen LogP contribution in [0.1, 0.15) is 37.5 Å². The molecule has 0 radical (unpaired) electrons. The number of ether oxygens (including phenoxy) is 2. The van der Waals surface area contributed by atoms with Crippen molar-refractivity contribution in [3.63, 3.8) is 0 Å². The van der Waals surface area contributed by atoms with E-state index >= 15 is 0 Å². The molecule has 0 saturated heterocycles. The minimum atomic E-state index is -0.0241. The van der Waals surface area contributed by atoms with Crippen molar-refractivity contribution < 1.29 is 9.47 Å². The van der Waals surface area contributed by atoms with E-state index in [9.17, 15) is 0 Å². The maximum atomic E-state index is 6.08. The Hall–Kier alpha value is -2.42. The summed E-state index contributed by atoms with van der Waals surface area (Å²) in [4.78, 5) is 0. The molecule has 0 saturated carbocycles. The third kappa shape index (κ3) is 5.56. The Morgan fingerprint density at radius 2 is 1.76 bits per heavy atom. The highest BCUT2D eigenvalue weighted by molar-refractivity contribution is 7.56. The maximum Gasteiger partial charge on any atom is 0.188 e. The Morgan fingerprint density at radius 1 is 1.03 bits per heavy atom. The van der Waals surface area contributed by atoms with Gasteiger partial charge in [0.15, 0.2) is 6.79 Å². The number of hydrogen-bond donors (Lipinski definition) is 0. The number of hydrogen-bond acceptors (Lipinski definition) is 3. The smallest absolute Gasteiger partial charge is 0.188 e. The van der Waals surface area contributed by atoms with Crippen LogP contribution in [-0.4, -0.2) is 24.8 Å². The molecule has 1 heterocycles. The maximum absolute atomic E-state index is 6.08. The number of nitrogens with zero attached hydrogens (tertiary/aromatic N) is 2. The van der Waals surface area contributed by atoms with Gasteiger partial charge in [-0.05, 0) is 41.4 Å². The molecule has 0 N–H and O–H groups in total. The number of aromatic nitrogens is 1. The molecule has 0 spiro atoms. The van der Waals surface area contributed by atoms with Crippen LogP contribution in [0.2, 0.25) is 0 Å². The van der Waals surface area contributed by atoms with Gasteiger partial charge in [-0.3, -0.25) is 0 Å². The molecular weight excluding hydrogens is 379 g/mol. The minimum Gasteiger partial charge on any atom is -0.467 e. The second-order valence-corrected chi connectivity index (χ2v) is 9.34. The molecule has 0 aliphatic rings. The lowest BCUT2D eigenvalue weighted by molar-refractivity contribution is 0.0506. The van der Waals surface area contributed by atoms with Gasteiger partial charge in [0.2, 0.25) is 0 Å². The Kier molecular flexibility index (Phi) is 6.89. The van der Waals surface area contributed by atoms with Crippen molar-refractivity contribution in [3.05, 3.63) is 77.6 Å². The SMILES string of the molecule is COCOc1c(Pc2ccccc2/C=N/n2cccc2)cc(C)cc1C(C)(C)C. The van der Waals surface area contributed by atoms with Crippen LogP contribution in [-0.2, 0) is 10.2 Å². The molecule has 3 aromatic rings. The van der Waals surface area contributed by atoms with Crippen molar-refractivity contribution in [2.24, 2.45) is 5.10 Å². The van der Waals surface area contributed by atoms with E-state index in [1.165, 1.54) is 21.7 Å². The average Bonchev–Trinajstić information content (AvgIpc) is 3.19. The normalized spacial score (nSPS) is 12.3. The molecular formula is C24H29N2O2P. The quantitative estimate of drug-likeness (QED) is 0.326. The Morgan fingerprint density at radius 3 is 2.45 bits per heavy atom. The van der Waals surface area contributed by atoms with E-state index in [-0.39, 0.29) is 12.2 Å². The van der Waals surface area contributed by atoms with E-state index < -0.39 is 0 Å². The molecule has 0 amide bonds. The van der Waals surface area contributed by atoms with Crippen molar-refractivity contribution in [1.82, 2.24) is 4.68 Å². The molecule has 152 valence electrons. The molecule has 5 heteroatoms. The first-order chi connectivity index (χ1) is 13.9. The van der Waals surface area contributed by atoms with Gasteiger partial charge in [-0.1, -0.05) is 59.7 Å². The summed E-state index contributed by atoms with van der Waals surface area (Å²) < 4.78 is 13.1. The molecule has 2 aromatic carbocycles. The molecule has 4 nitrogen and oxygen atoms in total. The van der Waals surface area contributed by atoms with Gasteiger partial charge in [0, 0.05) is 35.9 Å². The Labute approximate surface area is 175 Å². The van der Waals surface area contributed by atoms with Gasteiger partial charge in [-0.15, -0.1) is 0 Å². The molecule has 29 heavy (non-hydrogen) atoms. The van der Waals surface area contributed by atoms with Crippen LogP contribution in [0.15, 0.2) is 66.0 Å². The number of methoxy groups -OCH3 is 1. The van der Waals surface area contributed by atoms with Gasteiger partial charge in [-0.25, -0.2) is 4.68 Å². The fourth-order valence-corrected chi connectivity index (χ4v) is 4.48. The van der Waals surface area contributed by atoms with Crippen molar-refractivity contribution in [3.8, 4) is 5.75 Å². The van der Waals surface area contributed by atoms with Crippen LogP contribution in [0, 0.1) is 6.92 Å². The fraction of sp³-hybridized carbons (Fsp3) is 0.292. The molecule has 1 unspecified atom stereocenters. The molecule has 0 fully saturated rings. The second kappa shape index (κ2) is 9.39. The minimum absolute atomic E-state index is 0.0241.